The van der Waals surface area contributed by atoms with Crippen LogP contribution in [0.25, 0.3) is 0 Å². The predicted molar refractivity (Wildman–Crippen MR) is 85.9 cm³/mol. The first-order valence-electron chi connectivity index (χ1n) is 7.05. The summed E-state index contributed by atoms with van der Waals surface area (Å²) in [6.45, 7) is 2.12. The van der Waals surface area contributed by atoms with E-state index < -0.39 is 0 Å². The van der Waals surface area contributed by atoms with E-state index in [2.05, 4.69) is 17.4 Å². The van der Waals surface area contributed by atoms with E-state index in [1.54, 1.807) is 0 Å². The van der Waals surface area contributed by atoms with Crippen molar-refractivity contribution in [1.82, 2.24) is 5.32 Å². The van der Waals surface area contributed by atoms with Gasteiger partial charge in [0.15, 0.2) is 0 Å². The number of benzene rings is 2. The van der Waals surface area contributed by atoms with E-state index in [0.717, 1.165) is 30.3 Å². The fourth-order valence-electron chi connectivity index (χ4n) is 1.98. The number of hydrogen-bond donors (Lipinski definition) is 2. The Kier molecular flexibility index (Phi) is 6.54. The Morgan fingerprint density at radius 3 is 2.29 bits per heavy atom. The molecule has 0 fully saturated rings. The largest absolute Gasteiger partial charge is 0.491 e. The van der Waals surface area contributed by atoms with Crippen LogP contribution in [-0.2, 0) is 13.0 Å². The molecule has 0 aliphatic rings. The average Bonchev–Trinajstić information content (AvgIpc) is 2.52. The molecule has 0 aliphatic heterocycles. The maximum atomic E-state index is 8.69. The number of aliphatic hydroxyl groups is 1. The molecule has 0 spiro atoms. The molecule has 0 saturated heterocycles. The summed E-state index contributed by atoms with van der Waals surface area (Å²) in [6, 6.07) is 15.8. The van der Waals surface area contributed by atoms with Crippen molar-refractivity contribution in [2.24, 2.45) is 0 Å². The first-order chi connectivity index (χ1) is 10.3. The summed E-state index contributed by atoms with van der Waals surface area (Å²) < 4.78 is 5.32. The lowest BCUT2D eigenvalue weighted by Crippen LogP contribution is -2.16. The Balaban J connectivity index is 1.69. The minimum Gasteiger partial charge on any atom is -0.491 e. The highest BCUT2D eigenvalue weighted by molar-refractivity contribution is 6.30. The number of hydrogen-bond acceptors (Lipinski definition) is 3. The van der Waals surface area contributed by atoms with Crippen molar-refractivity contribution in [2.45, 2.75) is 13.0 Å². The zero-order chi connectivity index (χ0) is 14.9. The molecule has 0 unspecified atom stereocenters. The van der Waals surface area contributed by atoms with Crippen molar-refractivity contribution in [3.05, 3.63) is 64.7 Å². The number of halogens is 1. The lowest BCUT2D eigenvalue weighted by Gasteiger charge is -2.07. The van der Waals surface area contributed by atoms with E-state index in [9.17, 15) is 0 Å². The third kappa shape index (κ3) is 5.76. The Morgan fingerprint density at radius 2 is 1.62 bits per heavy atom. The first-order valence-corrected chi connectivity index (χ1v) is 7.43. The van der Waals surface area contributed by atoms with Gasteiger partial charge in [-0.25, -0.2) is 0 Å². The third-order valence-electron chi connectivity index (χ3n) is 3.12. The molecule has 0 bridgehead atoms. The van der Waals surface area contributed by atoms with Gasteiger partial charge in [-0.1, -0.05) is 35.9 Å². The Hall–Kier alpha value is -1.55. The molecule has 112 valence electrons. The fourth-order valence-corrected chi connectivity index (χ4v) is 2.11. The molecule has 4 heteroatoms. The molecule has 2 aromatic rings. The molecule has 0 atom stereocenters. The van der Waals surface area contributed by atoms with Gasteiger partial charge in [-0.2, -0.15) is 0 Å². The lowest BCUT2D eigenvalue weighted by molar-refractivity contribution is 0.201. The molecule has 3 nitrogen and oxygen atoms in total. The monoisotopic (exact) mass is 305 g/mol. The molecule has 2 aromatic carbocycles. The SMILES string of the molecule is OCCOc1ccc(CNCCc2ccc(Cl)cc2)cc1. The average molecular weight is 306 g/mol. The zero-order valence-electron chi connectivity index (χ0n) is 11.9. The maximum absolute atomic E-state index is 8.69. The van der Waals surface area contributed by atoms with Crippen LogP contribution in [0.1, 0.15) is 11.1 Å². The summed E-state index contributed by atoms with van der Waals surface area (Å²) in [6.07, 6.45) is 0.981. The smallest absolute Gasteiger partial charge is 0.119 e. The molecule has 0 aliphatic carbocycles. The molecule has 0 saturated carbocycles. The summed E-state index contributed by atoms with van der Waals surface area (Å²) >= 11 is 5.86. The van der Waals surface area contributed by atoms with Crippen LogP contribution >= 0.6 is 11.6 Å². The molecule has 2 N–H and O–H groups in total. The van der Waals surface area contributed by atoms with Gasteiger partial charge >= 0.3 is 0 Å². The highest BCUT2D eigenvalue weighted by Gasteiger charge is 1.97. The van der Waals surface area contributed by atoms with Crippen LogP contribution in [-0.4, -0.2) is 24.9 Å². The van der Waals surface area contributed by atoms with Crippen LogP contribution < -0.4 is 10.1 Å². The summed E-state index contributed by atoms with van der Waals surface area (Å²) in [5.74, 6) is 0.786. The van der Waals surface area contributed by atoms with Crippen molar-refractivity contribution >= 4 is 11.6 Å². The van der Waals surface area contributed by atoms with E-state index in [1.165, 1.54) is 11.1 Å². The standard InChI is InChI=1S/C17H20ClNO2/c18-16-5-1-14(2-6-16)9-10-19-13-15-3-7-17(8-4-15)21-12-11-20/h1-8,19-20H,9-13H2. The van der Waals surface area contributed by atoms with E-state index in [-0.39, 0.29) is 6.61 Å². The highest BCUT2D eigenvalue weighted by atomic mass is 35.5. The third-order valence-corrected chi connectivity index (χ3v) is 3.37. The van der Waals surface area contributed by atoms with Crippen molar-refractivity contribution in [3.8, 4) is 5.75 Å². The highest BCUT2D eigenvalue weighted by Crippen LogP contribution is 2.12. The van der Waals surface area contributed by atoms with E-state index >= 15 is 0 Å². The zero-order valence-corrected chi connectivity index (χ0v) is 12.6. The van der Waals surface area contributed by atoms with E-state index in [1.807, 2.05) is 36.4 Å². The molecule has 0 aromatic heterocycles. The molecule has 0 radical (unpaired) electrons. The van der Waals surface area contributed by atoms with Crippen LogP contribution in [0.15, 0.2) is 48.5 Å². The quantitative estimate of drug-likeness (QED) is 0.737. The van der Waals surface area contributed by atoms with E-state index in [0.29, 0.717) is 6.61 Å². The topological polar surface area (TPSA) is 41.5 Å². The minimum atomic E-state index is 0.0357. The van der Waals surface area contributed by atoms with Crippen LogP contribution in [0.4, 0.5) is 0 Å². The second-order valence-corrected chi connectivity index (χ2v) is 5.21. The lowest BCUT2D eigenvalue weighted by atomic mass is 10.1. The predicted octanol–water partition coefficient (Wildman–Crippen LogP) is 3.04. The Labute approximate surface area is 130 Å². The van der Waals surface area contributed by atoms with Gasteiger partial charge in [0.1, 0.15) is 12.4 Å². The molecular weight excluding hydrogens is 286 g/mol. The number of rotatable bonds is 8. The van der Waals surface area contributed by atoms with Gasteiger partial charge in [-0.05, 0) is 48.4 Å². The van der Waals surface area contributed by atoms with Crippen molar-refractivity contribution in [1.29, 1.82) is 0 Å². The molecule has 21 heavy (non-hydrogen) atoms. The maximum Gasteiger partial charge on any atom is 0.119 e. The van der Waals surface area contributed by atoms with Crippen LogP contribution in [0.2, 0.25) is 5.02 Å². The van der Waals surface area contributed by atoms with Crippen LogP contribution in [0.3, 0.4) is 0 Å². The minimum absolute atomic E-state index is 0.0357. The number of aliphatic hydroxyl groups excluding tert-OH is 1. The van der Waals surface area contributed by atoms with Gasteiger partial charge in [0, 0.05) is 11.6 Å². The van der Waals surface area contributed by atoms with Gasteiger partial charge in [-0.15, -0.1) is 0 Å². The van der Waals surface area contributed by atoms with Crippen molar-refractivity contribution in [2.75, 3.05) is 19.8 Å². The second kappa shape index (κ2) is 8.67. The van der Waals surface area contributed by atoms with Gasteiger partial charge in [0.05, 0.1) is 6.61 Å². The molecular formula is C17H20ClNO2. The summed E-state index contributed by atoms with van der Waals surface area (Å²) in [7, 11) is 0. The van der Waals surface area contributed by atoms with Crippen molar-refractivity contribution in [3.63, 3.8) is 0 Å². The van der Waals surface area contributed by atoms with Gasteiger partial charge in [0.25, 0.3) is 0 Å². The molecule has 0 amide bonds. The van der Waals surface area contributed by atoms with Gasteiger partial charge in [0.2, 0.25) is 0 Å². The van der Waals surface area contributed by atoms with Crippen LogP contribution in [0, 0.1) is 0 Å². The Morgan fingerprint density at radius 1 is 0.952 bits per heavy atom. The normalized spacial score (nSPS) is 10.6. The summed E-state index contributed by atoms with van der Waals surface area (Å²) in [5.41, 5.74) is 2.49. The fraction of sp³-hybridized carbons (Fsp3) is 0.294. The van der Waals surface area contributed by atoms with Gasteiger partial charge in [-0.3, -0.25) is 0 Å². The van der Waals surface area contributed by atoms with E-state index in [4.69, 9.17) is 21.4 Å². The molecule has 2 rings (SSSR count). The molecule has 0 heterocycles. The van der Waals surface area contributed by atoms with Gasteiger partial charge < -0.3 is 15.2 Å². The summed E-state index contributed by atoms with van der Waals surface area (Å²) in [5, 5.41) is 12.9. The van der Waals surface area contributed by atoms with Crippen molar-refractivity contribution < 1.29 is 9.84 Å². The summed E-state index contributed by atoms with van der Waals surface area (Å²) in [4.78, 5) is 0. The second-order valence-electron chi connectivity index (χ2n) is 4.77. The number of ether oxygens (including phenoxy) is 1. The van der Waals surface area contributed by atoms with Crippen LogP contribution in [0.5, 0.6) is 5.75 Å². The Bertz CT molecular complexity index is 525. The first kappa shape index (κ1) is 15.8. The number of nitrogens with one attached hydrogen (secondary N) is 1.